The summed E-state index contributed by atoms with van der Waals surface area (Å²) in [5.74, 6) is -0.479. The highest BCUT2D eigenvalue weighted by molar-refractivity contribution is 6.13. The van der Waals surface area contributed by atoms with E-state index in [1.165, 1.54) is 11.7 Å². The molecule has 6 heteroatoms. The number of aromatic nitrogens is 2. The normalized spacial score (nSPS) is 11.5. The maximum atomic E-state index is 12.8. The zero-order valence-electron chi connectivity index (χ0n) is 16.7. The van der Waals surface area contributed by atoms with Gasteiger partial charge in [0.2, 0.25) is 0 Å². The van der Waals surface area contributed by atoms with Crippen LogP contribution >= 0.6 is 0 Å². The number of amides is 1. The Hall–Kier alpha value is -4.32. The summed E-state index contributed by atoms with van der Waals surface area (Å²) < 4.78 is 1.17. The zero-order chi connectivity index (χ0) is 21.4. The Kier molecular flexibility index (Phi) is 4.52. The molecule has 6 nitrogen and oxygen atoms in total. The van der Waals surface area contributed by atoms with E-state index >= 15 is 0 Å². The van der Waals surface area contributed by atoms with Crippen molar-refractivity contribution in [3.05, 3.63) is 100 Å². The first-order valence-electron chi connectivity index (χ1n) is 9.83. The Bertz CT molecular complexity index is 1510. The number of carbonyl (C=O) groups is 1. The molecule has 0 aliphatic rings. The summed E-state index contributed by atoms with van der Waals surface area (Å²) in [6.45, 7) is 0. The topological polar surface area (TPSA) is 76.3 Å². The van der Waals surface area contributed by atoms with Gasteiger partial charge in [0, 0.05) is 18.0 Å². The Labute approximate surface area is 177 Å². The van der Waals surface area contributed by atoms with Crippen LogP contribution in [0.25, 0.3) is 32.3 Å². The Balaban J connectivity index is 1.55. The smallest absolute Gasteiger partial charge is 0.267 e. The second kappa shape index (κ2) is 7.50. The van der Waals surface area contributed by atoms with E-state index in [1.807, 2.05) is 36.4 Å². The van der Waals surface area contributed by atoms with Gasteiger partial charge in [0.15, 0.2) is 5.69 Å². The number of nitrogens with one attached hydrogen (secondary N) is 1. The Morgan fingerprint density at radius 2 is 1.42 bits per heavy atom. The van der Waals surface area contributed by atoms with Crippen molar-refractivity contribution in [3.8, 4) is 0 Å². The molecule has 150 valence electrons. The van der Waals surface area contributed by atoms with Gasteiger partial charge in [-0.25, -0.2) is 10.1 Å². The van der Waals surface area contributed by atoms with Gasteiger partial charge in [0.1, 0.15) is 0 Å². The lowest BCUT2D eigenvalue weighted by molar-refractivity contribution is 0.0950. The van der Waals surface area contributed by atoms with Gasteiger partial charge in [0.25, 0.3) is 11.5 Å². The van der Waals surface area contributed by atoms with E-state index in [1.54, 1.807) is 30.5 Å². The number of rotatable bonds is 3. The lowest BCUT2D eigenvalue weighted by Crippen LogP contribution is -2.27. The van der Waals surface area contributed by atoms with E-state index in [0.29, 0.717) is 10.8 Å². The number of aryl methyl sites for hydroxylation is 1. The number of fused-ring (bicyclic) bond motifs is 3. The first-order chi connectivity index (χ1) is 15.1. The summed E-state index contributed by atoms with van der Waals surface area (Å²) in [7, 11) is 1.52. The molecule has 0 saturated carbocycles. The molecule has 1 amide bonds. The molecule has 1 aromatic heterocycles. The van der Waals surface area contributed by atoms with Crippen LogP contribution < -0.4 is 11.0 Å². The Morgan fingerprint density at radius 3 is 2.06 bits per heavy atom. The second-order valence-electron chi connectivity index (χ2n) is 7.25. The number of benzene rings is 4. The summed E-state index contributed by atoms with van der Waals surface area (Å²) in [6, 6.07) is 25.2. The fourth-order valence-corrected chi connectivity index (χ4v) is 3.86. The molecule has 0 spiro atoms. The van der Waals surface area contributed by atoms with Crippen LogP contribution in [0.4, 0.5) is 0 Å². The number of hydrogen-bond acceptors (Lipinski definition) is 4. The van der Waals surface area contributed by atoms with Crippen LogP contribution in [0.2, 0.25) is 0 Å². The second-order valence-corrected chi connectivity index (χ2v) is 7.25. The van der Waals surface area contributed by atoms with Gasteiger partial charge in [-0.2, -0.15) is 10.2 Å². The molecule has 1 heterocycles. The average molecular weight is 406 g/mol. The van der Waals surface area contributed by atoms with E-state index in [2.05, 4.69) is 33.8 Å². The monoisotopic (exact) mass is 406 g/mol. The molecule has 5 aromatic rings. The number of hydrogen-bond donors (Lipinski definition) is 1. The van der Waals surface area contributed by atoms with Crippen molar-refractivity contribution in [2.45, 2.75) is 0 Å². The van der Waals surface area contributed by atoms with Crippen LogP contribution in [0.3, 0.4) is 0 Å². The predicted octanol–water partition coefficient (Wildman–Crippen LogP) is 4.00. The van der Waals surface area contributed by atoms with E-state index < -0.39 is 5.91 Å². The molecule has 0 fully saturated rings. The highest BCUT2D eigenvalue weighted by atomic mass is 16.2. The van der Waals surface area contributed by atoms with E-state index in [4.69, 9.17) is 0 Å². The first-order valence-corrected chi connectivity index (χ1v) is 9.83. The highest BCUT2D eigenvalue weighted by Gasteiger charge is 2.15. The minimum absolute atomic E-state index is 0.151. The molecule has 5 rings (SSSR count). The number of nitrogens with zero attached hydrogens (tertiary/aromatic N) is 3. The van der Waals surface area contributed by atoms with Crippen molar-refractivity contribution in [3.63, 3.8) is 0 Å². The highest BCUT2D eigenvalue weighted by Crippen LogP contribution is 2.27. The third kappa shape index (κ3) is 3.24. The maximum Gasteiger partial charge on any atom is 0.292 e. The van der Waals surface area contributed by atoms with E-state index in [9.17, 15) is 9.59 Å². The van der Waals surface area contributed by atoms with Crippen LogP contribution in [0.1, 0.15) is 16.1 Å². The first kappa shape index (κ1) is 18.7. The number of carbonyl (C=O) groups excluding carboxylic acids is 1. The van der Waals surface area contributed by atoms with Crippen molar-refractivity contribution in [1.82, 2.24) is 15.2 Å². The van der Waals surface area contributed by atoms with Crippen LogP contribution in [0.15, 0.2) is 88.8 Å². The molecular weight excluding hydrogens is 388 g/mol. The van der Waals surface area contributed by atoms with E-state index in [-0.39, 0.29) is 11.3 Å². The van der Waals surface area contributed by atoms with Crippen LogP contribution in [0, 0.1) is 0 Å². The fraction of sp³-hybridized carbons (Fsp3) is 0.0400. The zero-order valence-corrected chi connectivity index (χ0v) is 16.7. The van der Waals surface area contributed by atoms with Gasteiger partial charge in [-0.05, 0) is 33.7 Å². The summed E-state index contributed by atoms with van der Waals surface area (Å²) in [5, 5.41) is 13.6. The van der Waals surface area contributed by atoms with Gasteiger partial charge in [-0.3, -0.25) is 9.59 Å². The van der Waals surface area contributed by atoms with Crippen LogP contribution in [-0.4, -0.2) is 21.9 Å². The lowest BCUT2D eigenvalue weighted by atomic mass is 9.97. The van der Waals surface area contributed by atoms with Gasteiger partial charge >= 0.3 is 0 Å². The van der Waals surface area contributed by atoms with Gasteiger partial charge in [-0.1, -0.05) is 66.7 Å². The van der Waals surface area contributed by atoms with E-state index in [0.717, 1.165) is 27.1 Å². The van der Waals surface area contributed by atoms with Crippen molar-refractivity contribution < 1.29 is 4.79 Å². The van der Waals surface area contributed by atoms with Crippen molar-refractivity contribution >= 4 is 44.4 Å². The summed E-state index contributed by atoms with van der Waals surface area (Å²) in [4.78, 5) is 25.1. The van der Waals surface area contributed by atoms with Crippen LogP contribution in [-0.2, 0) is 7.05 Å². The van der Waals surface area contributed by atoms with Crippen molar-refractivity contribution in [2.24, 2.45) is 12.1 Å². The third-order valence-corrected chi connectivity index (χ3v) is 5.34. The lowest BCUT2D eigenvalue weighted by Gasteiger charge is -2.08. The molecule has 0 unspecified atom stereocenters. The SMILES string of the molecule is Cn1nc(C(=O)N/N=C\c2c3ccccc3cc3ccccc23)c2ccccc2c1=O. The molecule has 0 bridgehead atoms. The standard InChI is InChI=1S/C25H18N4O2/c1-29-25(31)21-13-7-6-12-20(21)23(28-29)24(30)27-26-15-22-18-10-4-2-8-16(18)14-17-9-3-5-11-19(17)22/h2-15H,1H3,(H,27,30)/b26-15-. The molecule has 4 aromatic carbocycles. The Morgan fingerprint density at radius 1 is 0.871 bits per heavy atom. The summed E-state index contributed by atoms with van der Waals surface area (Å²) in [5.41, 5.74) is 3.39. The van der Waals surface area contributed by atoms with Crippen molar-refractivity contribution in [1.29, 1.82) is 0 Å². The fourth-order valence-electron chi connectivity index (χ4n) is 3.86. The molecule has 0 aliphatic heterocycles. The number of hydrazone groups is 1. The average Bonchev–Trinajstić information content (AvgIpc) is 2.81. The largest absolute Gasteiger partial charge is 0.292 e. The molecule has 0 radical (unpaired) electrons. The molecule has 1 N–H and O–H groups in total. The van der Waals surface area contributed by atoms with Gasteiger partial charge in [-0.15, -0.1) is 0 Å². The third-order valence-electron chi connectivity index (χ3n) is 5.34. The van der Waals surface area contributed by atoms with Gasteiger partial charge < -0.3 is 0 Å². The quantitative estimate of drug-likeness (QED) is 0.279. The molecule has 0 saturated heterocycles. The van der Waals surface area contributed by atoms with Crippen LogP contribution in [0.5, 0.6) is 0 Å². The minimum Gasteiger partial charge on any atom is -0.267 e. The molecular formula is C25H18N4O2. The van der Waals surface area contributed by atoms with Crippen molar-refractivity contribution in [2.75, 3.05) is 0 Å². The predicted molar refractivity (Wildman–Crippen MR) is 123 cm³/mol. The molecule has 0 aliphatic carbocycles. The van der Waals surface area contributed by atoms with Gasteiger partial charge in [0.05, 0.1) is 11.6 Å². The summed E-state index contributed by atoms with van der Waals surface area (Å²) in [6.07, 6.45) is 1.66. The molecule has 0 atom stereocenters. The maximum absolute atomic E-state index is 12.8. The minimum atomic E-state index is -0.479. The summed E-state index contributed by atoms with van der Waals surface area (Å²) >= 11 is 0. The molecule has 31 heavy (non-hydrogen) atoms.